The van der Waals surface area contributed by atoms with Gasteiger partial charge < -0.3 is 5.32 Å². The first kappa shape index (κ1) is 11.3. The van der Waals surface area contributed by atoms with Crippen molar-refractivity contribution in [1.82, 2.24) is 5.32 Å². The Morgan fingerprint density at radius 2 is 1.83 bits per heavy atom. The molecule has 2 amide bonds. The van der Waals surface area contributed by atoms with Crippen LogP contribution in [0.3, 0.4) is 0 Å². The molecule has 4 nitrogen and oxygen atoms in total. The van der Waals surface area contributed by atoms with Gasteiger partial charge in [0, 0.05) is 11.7 Å². The second-order valence-corrected chi connectivity index (χ2v) is 4.99. The molecule has 0 unspecified atom stereocenters. The van der Waals surface area contributed by atoms with E-state index < -0.39 is 0 Å². The van der Waals surface area contributed by atoms with Crippen LogP contribution in [0.25, 0.3) is 0 Å². The summed E-state index contributed by atoms with van der Waals surface area (Å²) in [5.74, 6) is -0.573. The van der Waals surface area contributed by atoms with Crippen LogP contribution in [-0.2, 0) is 0 Å². The van der Waals surface area contributed by atoms with Crippen molar-refractivity contribution in [2.75, 3.05) is 5.32 Å². The molecule has 0 bridgehead atoms. The Labute approximate surface area is 106 Å². The summed E-state index contributed by atoms with van der Waals surface area (Å²) in [5, 5.41) is 5.76. The van der Waals surface area contributed by atoms with Crippen LogP contribution < -0.4 is 10.6 Å². The average Bonchev–Trinajstić information content (AvgIpc) is 2.67. The predicted molar refractivity (Wildman–Crippen MR) is 68.7 cm³/mol. The second-order valence-electron chi connectivity index (χ2n) is 4.99. The van der Waals surface area contributed by atoms with E-state index in [1.807, 2.05) is 12.1 Å². The van der Waals surface area contributed by atoms with Gasteiger partial charge in [-0.05, 0) is 25.0 Å². The van der Waals surface area contributed by atoms with Crippen LogP contribution >= 0.6 is 0 Å². The molecule has 0 atom stereocenters. The standard InChI is InChI=1S/C14H16N2O2/c17-13-10-7-4-8-11(12(10)14(18)16-13)15-9-5-2-1-3-6-9/h4,7-9,15H,1-3,5-6H2,(H,16,17,18). The zero-order chi connectivity index (χ0) is 12.5. The number of amides is 2. The highest BCUT2D eigenvalue weighted by Gasteiger charge is 2.29. The maximum atomic E-state index is 11.8. The monoisotopic (exact) mass is 244 g/mol. The lowest BCUT2D eigenvalue weighted by Gasteiger charge is -2.24. The topological polar surface area (TPSA) is 58.2 Å². The maximum absolute atomic E-state index is 11.8. The van der Waals surface area contributed by atoms with Crippen LogP contribution in [0.15, 0.2) is 18.2 Å². The Morgan fingerprint density at radius 1 is 1.06 bits per heavy atom. The Kier molecular flexibility index (Phi) is 2.78. The Morgan fingerprint density at radius 3 is 2.61 bits per heavy atom. The largest absolute Gasteiger partial charge is 0.382 e. The molecule has 0 spiro atoms. The fourth-order valence-electron chi connectivity index (χ4n) is 2.81. The molecule has 3 rings (SSSR count). The molecule has 2 N–H and O–H groups in total. The quantitative estimate of drug-likeness (QED) is 0.785. The third-order valence-electron chi connectivity index (χ3n) is 3.73. The van der Waals surface area contributed by atoms with Gasteiger partial charge in [-0.2, -0.15) is 0 Å². The molecule has 1 fully saturated rings. The molecule has 0 saturated heterocycles. The van der Waals surface area contributed by atoms with Gasteiger partial charge in [0.1, 0.15) is 0 Å². The van der Waals surface area contributed by atoms with Crippen LogP contribution in [0.4, 0.5) is 5.69 Å². The van der Waals surface area contributed by atoms with Gasteiger partial charge in [-0.3, -0.25) is 14.9 Å². The first-order valence-corrected chi connectivity index (χ1v) is 6.51. The van der Waals surface area contributed by atoms with Gasteiger partial charge in [0.25, 0.3) is 11.8 Å². The number of carbonyl (C=O) groups is 2. The molecular formula is C14H16N2O2. The number of benzene rings is 1. The number of nitrogens with one attached hydrogen (secondary N) is 2. The SMILES string of the molecule is O=C1NC(=O)c2c(NC3CCCCC3)cccc21. The van der Waals surface area contributed by atoms with Crippen LogP contribution in [-0.4, -0.2) is 17.9 Å². The number of carbonyl (C=O) groups excluding carboxylic acids is 2. The first-order chi connectivity index (χ1) is 8.75. The Hall–Kier alpha value is -1.84. The van der Waals surface area contributed by atoms with Gasteiger partial charge in [-0.15, -0.1) is 0 Å². The minimum Gasteiger partial charge on any atom is -0.382 e. The van der Waals surface area contributed by atoms with Crippen molar-refractivity contribution >= 4 is 17.5 Å². The summed E-state index contributed by atoms with van der Waals surface area (Å²) in [6, 6.07) is 5.82. The summed E-state index contributed by atoms with van der Waals surface area (Å²) in [7, 11) is 0. The molecule has 1 saturated carbocycles. The number of anilines is 1. The number of rotatable bonds is 2. The van der Waals surface area contributed by atoms with Crippen molar-refractivity contribution < 1.29 is 9.59 Å². The van der Waals surface area contributed by atoms with Crippen molar-refractivity contribution in [3.8, 4) is 0 Å². The summed E-state index contributed by atoms with van der Waals surface area (Å²) in [5.41, 5.74) is 1.79. The van der Waals surface area contributed by atoms with Crippen LogP contribution in [0.2, 0.25) is 0 Å². The lowest BCUT2D eigenvalue weighted by atomic mass is 9.95. The van der Waals surface area contributed by atoms with Crippen molar-refractivity contribution in [2.45, 2.75) is 38.1 Å². The maximum Gasteiger partial charge on any atom is 0.261 e. The molecule has 1 aliphatic heterocycles. The number of imide groups is 1. The summed E-state index contributed by atoms with van der Waals surface area (Å²) >= 11 is 0. The van der Waals surface area contributed by atoms with Gasteiger partial charge in [0.05, 0.1) is 11.1 Å². The lowest BCUT2D eigenvalue weighted by molar-refractivity contribution is 0.0880. The fourth-order valence-corrected chi connectivity index (χ4v) is 2.81. The van der Waals surface area contributed by atoms with E-state index in [2.05, 4.69) is 10.6 Å². The Bertz CT molecular complexity index is 505. The van der Waals surface area contributed by atoms with Gasteiger partial charge in [-0.25, -0.2) is 0 Å². The van der Waals surface area contributed by atoms with E-state index in [1.54, 1.807) is 6.07 Å². The zero-order valence-corrected chi connectivity index (χ0v) is 10.2. The molecular weight excluding hydrogens is 228 g/mol. The van der Waals surface area contributed by atoms with E-state index in [9.17, 15) is 9.59 Å². The van der Waals surface area contributed by atoms with Crippen molar-refractivity contribution in [3.63, 3.8) is 0 Å². The van der Waals surface area contributed by atoms with E-state index >= 15 is 0 Å². The molecule has 1 aromatic carbocycles. The highest BCUT2D eigenvalue weighted by Crippen LogP contribution is 2.27. The number of hydrogen-bond acceptors (Lipinski definition) is 3. The van der Waals surface area contributed by atoms with E-state index in [-0.39, 0.29) is 11.8 Å². The van der Waals surface area contributed by atoms with Crippen molar-refractivity contribution in [1.29, 1.82) is 0 Å². The van der Waals surface area contributed by atoms with E-state index in [4.69, 9.17) is 0 Å². The molecule has 4 heteroatoms. The van der Waals surface area contributed by atoms with Gasteiger partial charge in [-0.1, -0.05) is 25.3 Å². The lowest BCUT2D eigenvalue weighted by Crippen LogP contribution is -2.24. The van der Waals surface area contributed by atoms with Crippen molar-refractivity contribution in [2.24, 2.45) is 0 Å². The number of fused-ring (bicyclic) bond motifs is 1. The van der Waals surface area contributed by atoms with Gasteiger partial charge in [0.15, 0.2) is 0 Å². The Balaban J connectivity index is 1.89. The molecule has 0 radical (unpaired) electrons. The summed E-state index contributed by atoms with van der Waals surface area (Å²) in [6.07, 6.45) is 6.04. The molecule has 94 valence electrons. The molecule has 18 heavy (non-hydrogen) atoms. The zero-order valence-electron chi connectivity index (χ0n) is 10.2. The third-order valence-corrected chi connectivity index (χ3v) is 3.73. The van der Waals surface area contributed by atoms with E-state index in [1.165, 1.54) is 19.3 Å². The second kappa shape index (κ2) is 4.44. The summed E-state index contributed by atoms with van der Waals surface area (Å²) in [4.78, 5) is 23.3. The van der Waals surface area contributed by atoms with Gasteiger partial charge >= 0.3 is 0 Å². The molecule has 2 aliphatic rings. The first-order valence-electron chi connectivity index (χ1n) is 6.51. The minimum atomic E-state index is -0.290. The summed E-state index contributed by atoms with van der Waals surface area (Å²) < 4.78 is 0. The minimum absolute atomic E-state index is 0.283. The molecule has 0 aromatic heterocycles. The molecule has 1 aromatic rings. The molecule has 1 aliphatic carbocycles. The van der Waals surface area contributed by atoms with Crippen LogP contribution in [0, 0.1) is 0 Å². The molecule has 1 heterocycles. The third kappa shape index (κ3) is 1.88. The van der Waals surface area contributed by atoms with Crippen LogP contribution in [0.1, 0.15) is 52.8 Å². The fraction of sp³-hybridized carbons (Fsp3) is 0.429. The van der Waals surface area contributed by atoms with Crippen molar-refractivity contribution in [3.05, 3.63) is 29.3 Å². The van der Waals surface area contributed by atoms with Gasteiger partial charge in [0.2, 0.25) is 0 Å². The smallest absolute Gasteiger partial charge is 0.261 e. The highest BCUT2D eigenvalue weighted by atomic mass is 16.2. The number of hydrogen-bond donors (Lipinski definition) is 2. The average molecular weight is 244 g/mol. The highest BCUT2D eigenvalue weighted by molar-refractivity contribution is 6.23. The predicted octanol–water partition coefficient (Wildman–Crippen LogP) is 2.31. The summed E-state index contributed by atoms with van der Waals surface area (Å²) in [6.45, 7) is 0. The normalized spacial score (nSPS) is 19.6. The van der Waals surface area contributed by atoms with E-state index in [0.717, 1.165) is 18.5 Å². The van der Waals surface area contributed by atoms with E-state index in [0.29, 0.717) is 17.2 Å². The van der Waals surface area contributed by atoms with Crippen LogP contribution in [0.5, 0.6) is 0 Å².